The first-order chi connectivity index (χ1) is 9.66. The SMILES string of the molecule is NC(=N/N=C\c1cn[nH]c1-c1ccccc1)N[N+](=O)[O-]. The van der Waals surface area contributed by atoms with Crippen molar-refractivity contribution in [3.63, 3.8) is 0 Å². The van der Waals surface area contributed by atoms with E-state index in [2.05, 4.69) is 20.4 Å². The van der Waals surface area contributed by atoms with Crippen molar-refractivity contribution in [3.05, 3.63) is 52.2 Å². The zero-order valence-corrected chi connectivity index (χ0v) is 10.2. The second kappa shape index (κ2) is 6.09. The third-order valence-corrected chi connectivity index (χ3v) is 2.30. The van der Waals surface area contributed by atoms with Gasteiger partial charge in [-0.25, -0.2) is 10.1 Å². The Morgan fingerprint density at radius 2 is 2.20 bits per heavy atom. The molecule has 0 aliphatic heterocycles. The number of hydrogen-bond acceptors (Lipinski definition) is 5. The molecule has 1 aromatic heterocycles. The van der Waals surface area contributed by atoms with Gasteiger partial charge in [0.25, 0.3) is 5.96 Å². The molecule has 0 saturated carbocycles. The first kappa shape index (κ1) is 13.2. The standard InChI is InChI=1S/C11H11N7O2/c12-11(17-18(19)20)16-14-7-9-6-13-15-10(9)8-4-2-1-3-5-8/h1-7H,(H,13,15)(H3,12,16,17)/b14-7-. The van der Waals surface area contributed by atoms with Crippen molar-refractivity contribution in [1.82, 2.24) is 15.6 Å². The van der Waals surface area contributed by atoms with E-state index in [-0.39, 0.29) is 0 Å². The van der Waals surface area contributed by atoms with Crippen molar-refractivity contribution < 1.29 is 5.03 Å². The zero-order valence-electron chi connectivity index (χ0n) is 10.2. The van der Waals surface area contributed by atoms with E-state index in [4.69, 9.17) is 5.73 Å². The maximum atomic E-state index is 10.1. The summed E-state index contributed by atoms with van der Waals surface area (Å²) >= 11 is 0. The fraction of sp³-hybridized carbons (Fsp3) is 0. The van der Waals surface area contributed by atoms with Crippen LogP contribution < -0.4 is 11.2 Å². The number of hydrogen-bond donors (Lipinski definition) is 3. The zero-order chi connectivity index (χ0) is 14.4. The van der Waals surface area contributed by atoms with Crippen LogP contribution in [0.3, 0.4) is 0 Å². The maximum Gasteiger partial charge on any atom is 0.275 e. The minimum atomic E-state index is -0.818. The highest BCUT2D eigenvalue weighted by Gasteiger charge is 2.05. The molecule has 0 spiro atoms. The van der Waals surface area contributed by atoms with E-state index >= 15 is 0 Å². The molecule has 1 heterocycles. The number of rotatable bonds is 4. The van der Waals surface area contributed by atoms with Crippen LogP contribution in [-0.2, 0) is 0 Å². The van der Waals surface area contributed by atoms with Gasteiger partial charge in [-0.15, -0.1) is 5.10 Å². The van der Waals surface area contributed by atoms with Crippen LogP contribution in [0, 0.1) is 10.1 Å². The Bertz CT molecular complexity index is 648. The maximum absolute atomic E-state index is 10.1. The summed E-state index contributed by atoms with van der Waals surface area (Å²) in [5.74, 6) is -0.406. The van der Waals surface area contributed by atoms with Gasteiger partial charge in [-0.1, -0.05) is 35.8 Å². The molecule has 0 aliphatic carbocycles. The molecule has 1 aromatic carbocycles. The highest BCUT2D eigenvalue weighted by atomic mass is 16.7. The Morgan fingerprint density at radius 3 is 2.90 bits per heavy atom. The number of aromatic amines is 1. The fourth-order valence-corrected chi connectivity index (χ4v) is 1.50. The summed E-state index contributed by atoms with van der Waals surface area (Å²) in [4.78, 5) is 10.1. The molecule has 20 heavy (non-hydrogen) atoms. The van der Waals surface area contributed by atoms with Crippen LogP contribution in [-0.4, -0.2) is 27.4 Å². The second-order valence-electron chi connectivity index (χ2n) is 3.67. The van der Waals surface area contributed by atoms with Crippen molar-refractivity contribution in [2.24, 2.45) is 15.9 Å². The fourth-order valence-electron chi connectivity index (χ4n) is 1.50. The molecule has 4 N–H and O–H groups in total. The number of aromatic nitrogens is 2. The first-order valence-corrected chi connectivity index (χ1v) is 5.53. The average molecular weight is 273 g/mol. The highest BCUT2D eigenvalue weighted by Crippen LogP contribution is 2.18. The highest BCUT2D eigenvalue weighted by molar-refractivity contribution is 5.89. The number of nitrogens with zero attached hydrogens (tertiary/aromatic N) is 4. The Hall–Kier alpha value is -3.23. The van der Waals surface area contributed by atoms with Crippen molar-refractivity contribution >= 4 is 12.2 Å². The van der Waals surface area contributed by atoms with E-state index in [0.717, 1.165) is 11.3 Å². The van der Waals surface area contributed by atoms with E-state index < -0.39 is 11.0 Å². The van der Waals surface area contributed by atoms with Gasteiger partial charge < -0.3 is 5.73 Å². The summed E-state index contributed by atoms with van der Waals surface area (Å²) in [6.07, 6.45) is 2.97. The van der Waals surface area contributed by atoms with Gasteiger partial charge in [-0.2, -0.15) is 10.2 Å². The van der Waals surface area contributed by atoms with Gasteiger partial charge in [-0.05, 0) is 0 Å². The van der Waals surface area contributed by atoms with Crippen LogP contribution in [0.15, 0.2) is 46.7 Å². The molecule has 2 rings (SSSR count). The van der Waals surface area contributed by atoms with Crippen LogP contribution in [0.5, 0.6) is 0 Å². The van der Waals surface area contributed by atoms with Gasteiger partial charge in [0, 0.05) is 11.1 Å². The summed E-state index contributed by atoms with van der Waals surface area (Å²) in [5.41, 5.74) is 9.30. The third kappa shape index (κ3) is 3.38. The summed E-state index contributed by atoms with van der Waals surface area (Å²) < 4.78 is 0. The molecule has 0 unspecified atom stereocenters. The number of hydrazine groups is 1. The Labute approximate surface area is 113 Å². The minimum absolute atomic E-state index is 0.406. The molecule has 9 nitrogen and oxygen atoms in total. The van der Waals surface area contributed by atoms with E-state index in [1.807, 2.05) is 30.3 Å². The average Bonchev–Trinajstić information content (AvgIpc) is 2.87. The molecule has 9 heteroatoms. The molecule has 0 aliphatic rings. The lowest BCUT2D eigenvalue weighted by Gasteiger charge is -1.97. The molecule has 0 atom stereocenters. The molecule has 0 saturated heterocycles. The molecule has 0 bridgehead atoms. The normalized spacial score (nSPS) is 11.7. The predicted molar refractivity (Wildman–Crippen MR) is 73.4 cm³/mol. The summed E-state index contributed by atoms with van der Waals surface area (Å²) in [5, 5.41) is 23.2. The van der Waals surface area contributed by atoms with Crippen molar-refractivity contribution in [2.45, 2.75) is 0 Å². The molecule has 0 radical (unpaired) electrons. The monoisotopic (exact) mass is 273 g/mol. The van der Waals surface area contributed by atoms with E-state index in [1.165, 1.54) is 6.21 Å². The molecular weight excluding hydrogens is 262 g/mol. The topological polar surface area (TPSA) is 135 Å². The van der Waals surface area contributed by atoms with Crippen molar-refractivity contribution in [1.29, 1.82) is 0 Å². The minimum Gasteiger partial charge on any atom is -0.364 e. The molecule has 0 amide bonds. The van der Waals surface area contributed by atoms with E-state index in [9.17, 15) is 10.1 Å². The second-order valence-corrected chi connectivity index (χ2v) is 3.67. The van der Waals surface area contributed by atoms with Crippen molar-refractivity contribution in [2.75, 3.05) is 0 Å². The number of benzene rings is 1. The Kier molecular flexibility index (Phi) is 4.02. The van der Waals surface area contributed by atoms with Crippen LogP contribution in [0.2, 0.25) is 0 Å². The van der Waals surface area contributed by atoms with Crippen molar-refractivity contribution in [3.8, 4) is 11.3 Å². The summed E-state index contributed by atoms with van der Waals surface area (Å²) in [7, 11) is 0. The third-order valence-electron chi connectivity index (χ3n) is 2.30. The van der Waals surface area contributed by atoms with E-state index in [1.54, 1.807) is 11.6 Å². The number of nitrogens with one attached hydrogen (secondary N) is 2. The Morgan fingerprint density at radius 1 is 1.45 bits per heavy atom. The molecule has 102 valence electrons. The van der Waals surface area contributed by atoms with Gasteiger partial charge in [0.05, 0.1) is 18.1 Å². The molecule has 0 fully saturated rings. The number of guanidine groups is 1. The lowest BCUT2D eigenvalue weighted by molar-refractivity contribution is -0.525. The van der Waals surface area contributed by atoms with Gasteiger partial charge in [0.1, 0.15) is 0 Å². The van der Waals surface area contributed by atoms with Gasteiger partial charge >= 0.3 is 0 Å². The van der Waals surface area contributed by atoms with E-state index in [0.29, 0.717) is 5.56 Å². The van der Waals surface area contributed by atoms with Crippen LogP contribution in [0.25, 0.3) is 11.3 Å². The summed E-state index contributed by atoms with van der Waals surface area (Å²) in [6, 6.07) is 9.53. The lowest BCUT2D eigenvalue weighted by Crippen LogP contribution is -2.35. The van der Waals surface area contributed by atoms with Crippen LogP contribution in [0.1, 0.15) is 5.56 Å². The lowest BCUT2D eigenvalue weighted by atomic mass is 10.1. The predicted octanol–water partition coefficient (Wildman–Crippen LogP) is 0.507. The smallest absolute Gasteiger partial charge is 0.275 e. The van der Waals surface area contributed by atoms with Crippen LogP contribution in [0.4, 0.5) is 0 Å². The Balaban J connectivity index is 2.16. The number of nitrogens with two attached hydrogens (primary N) is 1. The molecule has 2 aromatic rings. The van der Waals surface area contributed by atoms with Gasteiger partial charge in [0.15, 0.2) is 5.03 Å². The summed E-state index contributed by atoms with van der Waals surface area (Å²) in [6.45, 7) is 0. The largest absolute Gasteiger partial charge is 0.364 e. The van der Waals surface area contributed by atoms with Gasteiger partial charge in [-0.3, -0.25) is 5.10 Å². The van der Waals surface area contributed by atoms with Gasteiger partial charge in [0.2, 0.25) is 0 Å². The van der Waals surface area contributed by atoms with Crippen LogP contribution >= 0.6 is 0 Å². The quantitative estimate of drug-likeness (QED) is 0.323. The first-order valence-electron chi connectivity index (χ1n) is 5.53. The number of H-pyrrole nitrogens is 1. The molecular formula is C11H11N7O2. The number of nitro groups is 1.